The van der Waals surface area contributed by atoms with Crippen molar-refractivity contribution in [1.82, 2.24) is 15.2 Å². The van der Waals surface area contributed by atoms with Crippen molar-refractivity contribution in [3.05, 3.63) is 28.7 Å². The van der Waals surface area contributed by atoms with Crippen LogP contribution in [0.5, 0.6) is 0 Å². The maximum absolute atomic E-state index is 12.1. The maximum Gasteiger partial charge on any atom is 0.323 e. The van der Waals surface area contributed by atoms with Gasteiger partial charge in [-0.1, -0.05) is 30.0 Å². The van der Waals surface area contributed by atoms with E-state index in [0.717, 1.165) is 22.2 Å². The minimum Gasteiger partial charge on any atom is -0.480 e. The van der Waals surface area contributed by atoms with Gasteiger partial charge in [-0.3, -0.25) is 14.5 Å². The number of carbonyl (C=O) groups is 2. The number of aromatic nitrogens is 2. The monoisotopic (exact) mass is 321 g/mol. The lowest BCUT2D eigenvalue weighted by atomic mass is 10.2. The van der Waals surface area contributed by atoms with E-state index in [1.54, 1.807) is 24.3 Å². The minimum atomic E-state index is -1.11. The van der Waals surface area contributed by atoms with Crippen LogP contribution in [0.15, 0.2) is 27.7 Å². The molecule has 1 aromatic carbocycles. The highest BCUT2D eigenvalue weighted by molar-refractivity contribution is 8.26. The summed E-state index contributed by atoms with van der Waals surface area (Å²) in [5, 5.41) is 16.2. The molecule has 0 atom stereocenters. The summed E-state index contributed by atoms with van der Waals surface area (Å²) >= 11 is 6.09. The molecule has 1 aliphatic heterocycles. The SMILES string of the molecule is O=C(O)CN1C(=O)/C(=C/c2ccc3nonc3c2)SC1=S. The Hall–Kier alpha value is -2.26. The topological polar surface area (TPSA) is 96.5 Å². The van der Waals surface area contributed by atoms with Crippen LogP contribution in [-0.2, 0) is 9.59 Å². The second-order valence-corrected chi connectivity index (χ2v) is 5.85. The highest BCUT2D eigenvalue weighted by Gasteiger charge is 2.33. The molecule has 0 aliphatic carbocycles. The number of nitrogens with zero attached hydrogens (tertiary/aromatic N) is 3. The van der Waals surface area contributed by atoms with E-state index in [2.05, 4.69) is 14.9 Å². The fourth-order valence-corrected chi connectivity index (χ4v) is 3.07. The molecule has 0 spiro atoms. The molecule has 0 saturated carbocycles. The van der Waals surface area contributed by atoms with Gasteiger partial charge in [0.2, 0.25) is 0 Å². The van der Waals surface area contributed by atoms with Crippen molar-refractivity contribution in [2.75, 3.05) is 6.54 Å². The predicted molar refractivity (Wildman–Crippen MR) is 79.3 cm³/mol. The smallest absolute Gasteiger partial charge is 0.323 e. The van der Waals surface area contributed by atoms with E-state index in [1.807, 2.05) is 0 Å². The molecule has 0 radical (unpaired) electrons. The van der Waals surface area contributed by atoms with Gasteiger partial charge in [0.15, 0.2) is 0 Å². The molecule has 1 amide bonds. The van der Waals surface area contributed by atoms with Crippen molar-refractivity contribution in [3.63, 3.8) is 0 Å². The Balaban J connectivity index is 1.90. The van der Waals surface area contributed by atoms with Crippen LogP contribution in [0, 0.1) is 0 Å². The van der Waals surface area contributed by atoms with Crippen LogP contribution < -0.4 is 0 Å². The van der Waals surface area contributed by atoms with E-state index in [1.165, 1.54) is 0 Å². The van der Waals surface area contributed by atoms with Crippen molar-refractivity contribution >= 4 is 57.3 Å². The van der Waals surface area contributed by atoms with E-state index >= 15 is 0 Å². The molecule has 9 heteroatoms. The molecule has 1 saturated heterocycles. The predicted octanol–water partition coefficient (Wildman–Crippen LogP) is 1.51. The lowest BCUT2D eigenvalue weighted by molar-refractivity contribution is -0.140. The number of hydrogen-bond acceptors (Lipinski definition) is 7. The Labute approximate surface area is 127 Å². The van der Waals surface area contributed by atoms with Crippen molar-refractivity contribution in [1.29, 1.82) is 0 Å². The number of fused-ring (bicyclic) bond motifs is 1. The quantitative estimate of drug-likeness (QED) is 0.671. The largest absolute Gasteiger partial charge is 0.480 e. The van der Waals surface area contributed by atoms with Crippen LogP contribution in [-0.4, -0.2) is 43.1 Å². The molecule has 2 aromatic rings. The summed E-state index contributed by atoms with van der Waals surface area (Å²) in [6, 6.07) is 5.20. The molecule has 0 bridgehead atoms. The Morgan fingerprint density at radius 3 is 2.95 bits per heavy atom. The number of thioether (sulfide) groups is 1. The standard InChI is InChI=1S/C12H7N3O4S2/c16-10(17)5-15-11(18)9(21-12(15)20)4-6-1-2-7-8(3-6)14-19-13-7/h1-4H,5H2,(H,16,17)/b9-4-. The zero-order valence-corrected chi connectivity index (χ0v) is 12.0. The summed E-state index contributed by atoms with van der Waals surface area (Å²) in [5.74, 6) is -1.52. The summed E-state index contributed by atoms with van der Waals surface area (Å²) in [6.07, 6.45) is 1.63. The average Bonchev–Trinajstić information content (AvgIpc) is 2.98. The molecular formula is C12H7N3O4S2. The second kappa shape index (κ2) is 5.26. The van der Waals surface area contributed by atoms with E-state index < -0.39 is 18.4 Å². The molecule has 1 aliphatic rings. The number of hydrogen-bond donors (Lipinski definition) is 1. The van der Waals surface area contributed by atoms with Gasteiger partial charge in [0.1, 0.15) is 21.9 Å². The first-order valence-corrected chi connectivity index (χ1v) is 6.96. The number of amides is 1. The van der Waals surface area contributed by atoms with Crippen molar-refractivity contribution in [2.45, 2.75) is 0 Å². The van der Waals surface area contributed by atoms with Crippen molar-refractivity contribution in [3.8, 4) is 0 Å². The lowest BCUT2D eigenvalue weighted by Gasteiger charge is -2.10. The summed E-state index contributed by atoms with van der Waals surface area (Å²) in [6.45, 7) is -0.436. The first-order valence-electron chi connectivity index (χ1n) is 5.74. The van der Waals surface area contributed by atoms with Crippen molar-refractivity contribution < 1.29 is 19.3 Å². The molecule has 2 heterocycles. The Bertz CT molecular complexity index is 799. The van der Waals surface area contributed by atoms with E-state index in [9.17, 15) is 9.59 Å². The molecule has 0 unspecified atom stereocenters. The van der Waals surface area contributed by atoms with Gasteiger partial charge >= 0.3 is 5.97 Å². The van der Waals surface area contributed by atoms with Crippen molar-refractivity contribution in [2.24, 2.45) is 0 Å². The lowest BCUT2D eigenvalue weighted by Crippen LogP contribution is -2.33. The third-order valence-electron chi connectivity index (χ3n) is 2.74. The van der Waals surface area contributed by atoms with Gasteiger partial charge in [0.05, 0.1) is 4.91 Å². The highest BCUT2D eigenvalue weighted by atomic mass is 32.2. The van der Waals surface area contributed by atoms with E-state index in [0.29, 0.717) is 15.9 Å². The fourth-order valence-electron chi connectivity index (χ4n) is 1.81. The van der Waals surface area contributed by atoms with Gasteiger partial charge in [0.25, 0.3) is 5.91 Å². The number of rotatable bonds is 3. The van der Waals surface area contributed by atoms with Gasteiger partial charge in [-0.2, -0.15) is 0 Å². The average molecular weight is 321 g/mol. The van der Waals surface area contributed by atoms with Crippen LogP contribution >= 0.6 is 24.0 Å². The molecule has 1 fully saturated rings. The minimum absolute atomic E-state index is 0.234. The second-order valence-electron chi connectivity index (χ2n) is 4.17. The molecule has 1 aromatic heterocycles. The van der Waals surface area contributed by atoms with Gasteiger partial charge in [0, 0.05) is 0 Å². The van der Waals surface area contributed by atoms with E-state index in [4.69, 9.17) is 17.3 Å². The Morgan fingerprint density at radius 1 is 1.43 bits per heavy atom. The third-order valence-corrected chi connectivity index (χ3v) is 4.12. The number of carboxylic acid groups (broad SMARTS) is 1. The maximum atomic E-state index is 12.1. The van der Waals surface area contributed by atoms with Gasteiger partial charge in [-0.05, 0) is 34.1 Å². The Morgan fingerprint density at radius 2 is 2.19 bits per heavy atom. The highest BCUT2D eigenvalue weighted by Crippen LogP contribution is 2.32. The van der Waals surface area contributed by atoms with E-state index in [-0.39, 0.29) is 4.32 Å². The third kappa shape index (κ3) is 2.65. The zero-order valence-electron chi connectivity index (χ0n) is 10.3. The molecular weight excluding hydrogens is 314 g/mol. The number of benzene rings is 1. The normalized spacial score (nSPS) is 17.1. The summed E-state index contributed by atoms with van der Waals surface area (Å²) in [5.41, 5.74) is 1.92. The zero-order chi connectivity index (χ0) is 15.0. The fraction of sp³-hybridized carbons (Fsp3) is 0.0833. The molecule has 7 nitrogen and oxygen atoms in total. The van der Waals surface area contributed by atoms with Crippen LogP contribution in [0.3, 0.4) is 0 Å². The van der Waals surface area contributed by atoms with Crippen LogP contribution in [0.1, 0.15) is 5.56 Å². The van der Waals surface area contributed by atoms with Gasteiger partial charge in [-0.25, -0.2) is 4.63 Å². The molecule has 1 N–H and O–H groups in total. The first kappa shape index (κ1) is 13.7. The molecule has 21 heavy (non-hydrogen) atoms. The summed E-state index contributed by atoms with van der Waals surface area (Å²) < 4.78 is 4.84. The number of thiocarbonyl (C=S) groups is 1. The van der Waals surface area contributed by atoms with Gasteiger partial charge in [-0.15, -0.1) is 0 Å². The van der Waals surface area contributed by atoms with Crippen LogP contribution in [0.25, 0.3) is 17.1 Å². The number of aliphatic carboxylic acids is 1. The number of carboxylic acids is 1. The van der Waals surface area contributed by atoms with Crippen LogP contribution in [0.4, 0.5) is 0 Å². The van der Waals surface area contributed by atoms with Crippen LogP contribution in [0.2, 0.25) is 0 Å². The summed E-state index contributed by atoms with van der Waals surface area (Å²) in [4.78, 5) is 24.3. The van der Waals surface area contributed by atoms with Gasteiger partial charge < -0.3 is 5.11 Å². The first-order chi connectivity index (χ1) is 10.0. The molecule has 3 rings (SSSR count). The molecule has 106 valence electrons. The summed E-state index contributed by atoms with van der Waals surface area (Å²) in [7, 11) is 0. The number of carbonyl (C=O) groups excluding carboxylic acids is 1. The Kier molecular flexibility index (Phi) is 3.43.